The van der Waals surface area contributed by atoms with Crippen LogP contribution in [0.2, 0.25) is 0 Å². The zero-order valence-electron chi connectivity index (χ0n) is 11.3. The molecule has 1 atom stereocenters. The molecule has 0 radical (unpaired) electrons. The Morgan fingerprint density at radius 1 is 1.40 bits per heavy atom. The molecule has 1 aromatic carbocycles. The predicted octanol–water partition coefficient (Wildman–Crippen LogP) is 2.58. The minimum absolute atomic E-state index is 0.147. The molecule has 1 unspecified atom stereocenters. The fourth-order valence-corrected chi connectivity index (χ4v) is 3.98. The van der Waals surface area contributed by atoms with Gasteiger partial charge in [-0.1, -0.05) is 18.9 Å². The molecule has 0 aromatic heterocycles. The van der Waals surface area contributed by atoms with Gasteiger partial charge in [-0.25, -0.2) is 0 Å². The first-order valence-electron chi connectivity index (χ1n) is 6.86. The number of carbonyl (C=O) groups is 1. The molecular weight excluding hydrogens is 272 g/mol. The Morgan fingerprint density at radius 2 is 2.15 bits per heavy atom. The molecule has 1 aromatic rings. The van der Waals surface area contributed by atoms with E-state index in [1.165, 1.54) is 0 Å². The lowest BCUT2D eigenvalue weighted by Crippen LogP contribution is -2.19. The zero-order chi connectivity index (χ0) is 14.4. The van der Waals surface area contributed by atoms with Crippen molar-refractivity contribution in [1.29, 1.82) is 5.26 Å². The fourth-order valence-electron chi connectivity index (χ4n) is 2.40. The second kappa shape index (κ2) is 7.20. The SMILES string of the molecule is N#Cc1cccc(NC(=O)CCS(=O)C2CCCC2)c1. The van der Waals surface area contributed by atoms with Crippen molar-refractivity contribution < 1.29 is 9.00 Å². The van der Waals surface area contributed by atoms with E-state index in [1.807, 2.05) is 6.07 Å². The number of nitrogens with zero attached hydrogens (tertiary/aromatic N) is 1. The maximum Gasteiger partial charge on any atom is 0.225 e. The molecule has 1 fully saturated rings. The molecule has 1 saturated carbocycles. The van der Waals surface area contributed by atoms with Crippen LogP contribution in [0.4, 0.5) is 5.69 Å². The first-order valence-corrected chi connectivity index (χ1v) is 8.24. The Bertz CT molecular complexity index is 545. The molecule has 20 heavy (non-hydrogen) atoms. The van der Waals surface area contributed by atoms with Gasteiger partial charge in [-0.3, -0.25) is 9.00 Å². The number of nitrogens with one attached hydrogen (secondary N) is 1. The zero-order valence-corrected chi connectivity index (χ0v) is 12.1. The monoisotopic (exact) mass is 290 g/mol. The van der Waals surface area contributed by atoms with Crippen molar-refractivity contribution in [2.24, 2.45) is 0 Å². The highest BCUT2D eigenvalue weighted by Gasteiger charge is 2.21. The van der Waals surface area contributed by atoms with Crippen LogP contribution < -0.4 is 5.32 Å². The third kappa shape index (κ3) is 4.17. The summed E-state index contributed by atoms with van der Waals surface area (Å²) in [6.07, 6.45) is 4.63. The predicted molar refractivity (Wildman–Crippen MR) is 79.7 cm³/mol. The quantitative estimate of drug-likeness (QED) is 0.906. The molecule has 4 nitrogen and oxygen atoms in total. The van der Waals surface area contributed by atoms with E-state index < -0.39 is 10.8 Å². The summed E-state index contributed by atoms with van der Waals surface area (Å²) >= 11 is 0. The number of anilines is 1. The Kier molecular flexibility index (Phi) is 5.31. The lowest BCUT2D eigenvalue weighted by atomic mass is 10.2. The normalized spacial score (nSPS) is 16.6. The molecule has 1 N–H and O–H groups in total. The van der Waals surface area contributed by atoms with Crippen LogP contribution in [0, 0.1) is 11.3 Å². The second-order valence-electron chi connectivity index (χ2n) is 4.98. The van der Waals surface area contributed by atoms with Gasteiger partial charge in [0, 0.05) is 33.9 Å². The van der Waals surface area contributed by atoms with E-state index in [4.69, 9.17) is 5.26 Å². The summed E-state index contributed by atoms with van der Waals surface area (Å²) in [6.45, 7) is 0. The van der Waals surface area contributed by atoms with Crippen molar-refractivity contribution in [3.8, 4) is 6.07 Å². The van der Waals surface area contributed by atoms with E-state index in [1.54, 1.807) is 24.3 Å². The van der Waals surface area contributed by atoms with Gasteiger partial charge in [0.25, 0.3) is 0 Å². The summed E-state index contributed by atoms with van der Waals surface area (Å²) in [5.41, 5.74) is 1.12. The number of amides is 1. The molecule has 0 heterocycles. The van der Waals surface area contributed by atoms with Gasteiger partial charge in [-0.05, 0) is 31.0 Å². The molecule has 0 saturated heterocycles. The average molecular weight is 290 g/mol. The summed E-state index contributed by atoms with van der Waals surface area (Å²) in [5, 5.41) is 11.8. The molecule has 1 aliphatic rings. The summed E-state index contributed by atoms with van der Waals surface area (Å²) in [6, 6.07) is 8.81. The van der Waals surface area contributed by atoms with Gasteiger partial charge in [0.15, 0.2) is 0 Å². The molecule has 106 valence electrons. The molecule has 5 heteroatoms. The van der Waals surface area contributed by atoms with Crippen molar-refractivity contribution >= 4 is 22.4 Å². The molecule has 1 amide bonds. The average Bonchev–Trinajstić information content (AvgIpc) is 2.99. The molecule has 0 spiro atoms. The second-order valence-corrected chi connectivity index (χ2v) is 6.82. The van der Waals surface area contributed by atoms with E-state index in [-0.39, 0.29) is 17.6 Å². The topological polar surface area (TPSA) is 70.0 Å². The Morgan fingerprint density at radius 3 is 2.85 bits per heavy atom. The van der Waals surface area contributed by atoms with Crippen LogP contribution in [0.25, 0.3) is 0 Å². The smallest absolute Gasteiger partial charge is 0.225 e. The summed E-state index contributed by atoms with van der Waals surface area (Å²) < 4.78 is 12.0. The van der Waals surface area contributed by atoms with Crippen molar-refractivity contribution in [2.75, 3.05) is 11.1 Å². The standard InChI is InChI=1S/C15H18N2O2S/c16-11-12-4-3-5-13(10-12)17-15(18)8-9-20(19)14-6-1-2-7-14/h3-5,10,14H,1-2,6-9H2,(H,17,18). The summed E-state index contributed by atoms with van der Waals surface area (Å²) in [5.74, 6) is 0.278. The maximum absolute atomic E-state index is 12.0. The van der Waals surface area contributed by atoms with E-state index in [0.717, 1.165) is 25.7 Å². The van der Waals surface area contributed by atoms with E-state index in [0.29, 0.717) is 17.0 Å². The highest BCUT2D eigenvalue weighted by Crippen LogP contribution is 2.23. The van der Waals surface area contributed by atoms with Gasteiger partial charge in [-0.15, -0.1) is 0 Å². The summed E-state index contributed by atoms with van der Waals surface area (Å²) in [4.78, 5) is 11.8. The van der Waals surface area contributed by atoms with E-state index in [9.17, 15) is 9.00 Å². The van der Waals surface area contributed by atoms with Gasteiger partial charge in [0.1, 0.15) is 0 Å². The van der Waals surface area contributed by atoms with Crippen molar-refractivity contribution in [1.82, 2.24) is 0 Å². The van der Waals surface area contributed by atoms with E-state index >= 15 is 0 Å². The highest BCUT2D eigenvalue weighted by molar-refractivity contribution is 7.85. The van der Waals surface area contributed by atoms with Gasteiger partial charge in [0.2, 0.25) is 5.91 Å². The minimum Gasteiger partial charge on any atom is -0.326 e. The minimum atomic E-state index is -0.893. The van der Waals surface area contributed by atoms with Crippen molar-refractivity contribution in [3.63, 3.8) is 0 Å². The third-order valence-corrected chi connectivity index (χ3v) is 5.30. The molecule has 2 rings (SSSR count). The number of hydrogen-bond acceptors (Lipinski definition) is 3. The van der Waals surface area contributed by atoms with Crippen LogP contribution in [-0.2, 0) is 15.6 Å². The summed E-state index contributed by atoms with van der Waals surface area (Å²) in [7, 11) is -0.893. The largest absolute Gasteiger partial charge is 0.326 e. The number of rotatable bonds is 5. The van der Waals surface area contributed by atoms with Gasteiger partial charge in [-0.2, -0.15) is 5.26 Å². The third-order valence-electron chi connectivity index (χ3n) is 3.48. The van der Waals surface area contributed by atoms with Crippen LogP contribution in [0.1, 0.15) is 37.7 Å². The molecule has 1 aliphatic carbocycles. The Balaban J connectivity index is 1.80. The van der Waals surface area contributed by atoms with Crippen LogP contribution >= 0.6 is 0 Å². The number of benzene rings is 1. The van der Waals surface area contributed by atoms with Crippen LogP contribution in [0.15, 0.2) is 24.3 Å². The van der Waals surface area contributed by atoms with Crippen LogP contribution in [0.3, 0.4) is 0 Å². The maximum atomic E-state index is 12.0. The first kappa shape index (κ1) is 14.7. The first-order chi connectivity index (χ1) is 9.69. The van der Waals surface area contributed by atoms with Crippen molar-refractivity contribution in [2.45, 2.75) is 37.4 Å². The lowest BCUT2D eigenvalue weighted by molar-refractivity contribution is -0.115. The Labute approximate surface area is 121 Å². The van der Waals surface area contributed by atoms with Gasteiger partial charge < -0.3 is 5.32 Å². The van der Waals surface area contributed by atoms with Crippen molar-refractivity contribution in [3.05, 3.63) is 29.8 Å². The van der Waals surface area contributed by atoms with Gasteiger partial charge >= 0.3 is 0 Å². The fraction of sp³-hybridized carbons (Fsp3) is 0.467. The van der Waals surface area contributed by atoms with Crippen LogP contribution in [0.5, 0.6) is 0 Å². The van der Waals surface area contributed by atoms with Crippen LogP contribution in [-0.4, -0.2) is 21.1 Å². The lowest BCUT2D eigenvalue weighted by Gasteiger charge is -2.09. The van der Waals surface area contributed by atoms with E-state index in [2.05, 4.69) is 5.32 Å². The van der Waals surface area contributed by atoms with Gasteiger partial charge in [0.05, 0.1) is 11.6 Å². The number of nitriles is 1. The Hall–Kier alpha value is -1.67. The molecular formula is C15H18N2O2S. The highest BCUT2D eigenvalue weighted by atomic mass is 32.2. The number of hydrogen-bond donors (Lipinski definition) is 1. The molecule has 0 bridgehead atoms. The number of carbonyl (C=O) groups excluding carboxylic acids is 1. The molecule has 0 aliphatic heterocycles.